The van der Waals surface area contributed by atoms with Crippen LogP contribution in [0.2, 0.25) is 0 Å². The normalized spacial score (nSPS) is 10.1. The van der Waals surface area contributed by atoms with Gasteiger partial charge < -0.3 is 4.74 Å². The van der Waals surface area contributed by atoms with Crippen LogP contribution < -0.4 is 4.74 Å². The van der Waals surface area contributed by atoms with Crippen molar-refractivity contribution in [1.29, 1.82) is 0 Å². The maximum absolute atomic E-state index is 5.54. The van der Waals surface area contributed by atoms with Crippen LogP contribution in [0.15, 0.2) is 41.1 Å². The molecule has 0 bridgehead atoms. The molecule has 2 rings (SSSR count). The number of H-pyrrole nitrogens is 1. The molecule has 0 fully saturated rings. The van der Waals surface area contributed by atoms with E-state index in [4.69, 9.17) is 4.74 Å². The zero-order chi connectivity index (χ0) is 9.80. The van der Waals surface area contributed by atoms with E-state index >= 15 is 0 Å². The van der Waals surface area contributed by atoms with E-state index in [1.807, 2.05) is 30.5 Å². The number of aromatic nitrogens is 2. The Hall–Kier alpha value is -1.29. The van der Waals surface area contributed by atoms with Gasteiger partial charge in [0.25, 0.3) is 0 Å². The lowest BCUT2D eigenvalue weighted by Gasteiger charge is -2.03. The molecule has 0 radical (unpaired) electrons. The van der Waals surface area contributed by atoms with Crippen molar-refractivity contribution >= 4 is 15.9 Å². The van der Waals surface area contributed by atoms with E-state index in [9.17, 15) is 0 Å². The monoisotopic (exact) mass is 252 g/mol. The Balaban J connectivity index is 1.98. The predicted molar refractivity (Wildman–Crippen MR) is 57.1 cm³/mol. The molecule has 0 aliphatic rings. The van der Waals surface area contributed by atoms with Crippen molar-refractivity contribution < 1.29 is 4.74 Å². The predicted octanol–water partition coefficient (Wildman–Crippen LogP) is 2.75. The number of hydrogen-bond donors (Lipinski definition) is 1. The van der Waals surface area contributed by atoms with Crippen molar-refractivity contribution in [3.63, 3.8) is 0 Å². The highest BCUT2D eigenvalue weighted by atomic mass is 79.9. The van der Waals surface area contributed by atoms with Crippen LogP contribution in [0.25, 0.3) is 0 Å². The highest BCUT2D eigenvalue weighted by Gasteiger charge is 1.96. The van der Waals surface area contributed by atoms with E-state index in [0.717, 1.165) is 15.8 Å². The third-order valence-electron chi connectivity index (χ3n) is 1.76. The first-order chi connectivity index (χ1) is 6.84. The Morgan fingerprint density at radius 3 is 3.07 bits per heavy atom. The van der Waals surface area contributed by atoms with Gasteiger partial charge in [0, 0.05) is 16.2 Å². The highest BCUT2D eigenvalue weighted by Crippen LogP contribution is 2.18. The fraction of sp³-hybridized carbons (Fsp3) is 0.100. The van der Waals surface area contributed by atoms with E-state index < -0.39 is 0 Å². The third-order valence-corrected chi connectivity index (χ3v) is 2.25. The summed E-state index contributed by atoms with van der Waals surface area (Å²) < 4.78 is 6.56. The first-order valence-electron chi connectivity index (χ1n) is 4.20. The minimum atomic E-state index is 0.535. The van der Waals surface area contributed by atoms with Crippen molar-refractivity contribution in [2.75, 3.05) is 0 Å². The Morgan fingerprint density at radius 2 is 2.36 bits per heavy atom. The van der Waals surface area contributed by atoms with Crippen molar-refractivity contribution in [1.82, 2.24) is 10.2 Å². The first-order valence-corrected chi connectivity index (χ1v) is 5.00. The van der Waals surface area contributed by atoms with Gasteiger partial charge in [-0.2, -0.15) is 5.10 Å². The molecule has 14 heavy (non-hydrogen) atoms. The molecule has 0 aliphatic heterocycles. The Morgan fingerprint density at radius 1 is 1.43 bits per heavy atom. The molecule has 0 saturated carbocycles. The van der Waals surface area contributed by atoms with Gasteiger partial charge in [-0.05, 0) is 18.2 Å². The number of hydrogen-bond acceptors (Lipinski definition) is 2. The lowest BCUT2D eigenvalue weighted by molar-refractivity contribution is 0.306. The van der Waals surface area contributed by atoms with Crippen LogP contribution in [0.3, 0.4) is 0 Å². The fourth-order valence-electron chi connectivity index (χ4n) is 1.08. The Bertz CT molecular complexity index is 400. The molecule has 0 spiro atoms. The molecule has 0 amide bonds. The van der Waals surface area contributed by atoms with Gasteiger partial charge in [0.05, 0.1) is 6.20 Å². The van der Waals surface area contributed by atoms with Crippen LogP contribution in [0.1, 0.15) is 5.56 Å². The topological polar surface area (TPSA) is 37.9 Å². The summed E-state index contributed by atoms with van der Waals surface area (Å²) in [6.45, 7) is 0.535. The number of rotatable bonds is 3. The maximum atomic E-state index is 5.54. The van der Waals surface area contributed by atoms with E-state index in [2.05, 4.69) is 26.1 Å². The molecule has 2 aromatic rings. The van der Waals surface area contributed by atoms with E-state index in [1.54, 1.807) is 6.20 Å². The third kappa shape index (κ3) is 2.35. The summed E-state index contributed by atoms with van der Waals surface area (Å²) in [4.78, 5) is 0. The number of nitrogens with zero attached hydrogens (tertiary/aromatic N) is 1. The molecule has 4 heteroatoms. The van der Waals surface area contributed by atoms with Crippen molar-refractivity contribution in [3.8, 4) is 5.75 Å². The summed E-state index contributed by atoms with van der Waals surface area (Å²) in [5.74, 6) is 0.848. The number of ether oxygens (including phenoxy) is 1. The lowest BCUT2D eigenvalue weighted by Crippen LogP contribution is -1.93. The molecule has 1 aromatic carbocycles. The van der Waals surface area contributed by atoms with Gasteiger partial charge in [-0.3, -0.25) is 5.10 Å². The molecule has 0 aliphatic carbocycles. The van der Waals surface area contributed by atoms with Crippen LogP contribution in [0, 0.1) is 0 Å². The smallest absolute Gasteiger partial charge is 0.120 e. The van der Waals surface area contributed by atoms with E-state index in [1.165, 1.54) is 0 Å². The lowest BCUT2D eigenvalue weighted by atomic mass is 10.3. The van der Waals surface area contributed by atoms with Crippen LogP contribution >= 0.6 is 15.9 Å². The second-order valence-corrected chi connectivity index (χ2v) is 3.77. The number of halogens is 1. The molecule has 1 heterocycles. The van der Waals surface area contributed by atoms with Crippen LogP contribution in [-0.2, 0) is 6.61 Å². The zero-order valence-electron chi connectivity index (χ0n) is 7.40. The molecule has 0 atom stereocenters. The van der Waals surface area contributed by atoms with Gasteiger partial charge in [0.1, 0.15) is 12.4 Å². The summed E-state index contributed by atoms with van der Waals surface area (Å²) in [7, 11) is 0. The number of aromatic amines is 1. The van der Waals surface area contributed by atoms with Crippen LogP contribution in [0.4, 0.5) is 0 Å². The van der Waals surface area contributed by atoms with Gasteiger partial charge in [0.2, 0.25) is 0 Å². The molecule has 0 unspecified atom stereocenters. The molecule has 0 saturated heterocycles. The van der Waals surface area contributed by atoms with Crippen LogP contribution in [-0.4, -0.2) is 10.2 Å². The van der Waals surface area contributed by atoms with Gasteiger partial charge in [0.15, 0.2) is 0 Å². The Kier molecular flexibility index (Phi) is 2.84. The quantitative estimate of drug-likeness (QED) is 0.913. The maximum Gasteiger partial charge on any atom is 0.120 e. The second kappa shape index (κ2) is 4.28. The molecule has 72 valence electrons. The van der Waals surface area contributed by atoms with Crippen LogP contribution in [0.5, 0.6) is 5.75 Å². The van der Waals surface area contributed by atoms with Crippen molar-refractivity contribution in [3.05, 3.63) is 46.7 Å². The van der Waals surface area contributed by atoms with Gasteiger partial charge in [-0.15, -0.1) is 0 Å². The number of benzene rings is 1. The van der Waals surface area contributed by atoms with Gasteiger partial charge in [-0.1, -0.05) is 22.0 Å². The average molecular weight is 253 g/mol. The largest absolute Gasteiger partial charge is 0.489 e. The number of nitrogens with one attached hydrogen (secondary N) is 1. The fourth-order valence-corrected chi connectivity index (χ4v) is 1.46. The summed E-state index contributed by atoms with van der Waals surface area (Å²) in [6.07, 6.45) is 3.57. The zero-order valence-corrected chi connectivity index (χ0v) is 8.99. The van der Waals surface area contributed by atoms with Crippen molar-refractivity contribution in [2.45, 2.75) is 6.61 Å². The molecule has 1 aromatic heterocycles. The molecule has 1 N–H and O–H groups in total. The Labute approximate surface area is 90.2 Å². The second-order valence-electron chi connectivity index (χ2n) is 2.85. The SMILES string of the molecule is Brc1cccc(OCc2cn[nH]c2)c1. The van der Waals surface area contributed by atoms with Gasteiger partial charge >= 0.3 is 0 Å². The molecular formula is C10H9BrN2O. The minimum Gasteiger partial charge on any atom is -0.489 e. The summed E-state index contributed by atoms with van der Waals surface area (Å²) in [5, 5.41) is 6.58. The average Bonchev–Trinajstić information content (AvgIpc) is 2.67. The summed E-state index contributed by atoms with van der Waals surface area (Å²) in [5.41, 5.74) is 1.03. The van der Waals surface area contributed by atoms with E-state index in [-0.39, 0.29) is 0 Å². The van der Waals surface area contributed by atoms with Crippen molar-refractivity contribution in [2.24, 2.45) is 0 Å². The minimum absolute atomic E-state index is 0.535. The highest BCUT2D eigenvalue weighted by molar-refractivity contribution is 9.10. The summed E-state index contributed by atoms with van der Waals surface area (Å²) in [6, 6.07) is 7.75. The first kappa shape index (κ1) is 9.27. The molecule has 3 nitrogen and oxygen atoms in total. The standard InChI is InChI=1S/C10H9BrN2O/c11-9-2-1-3-10(4-9)14-7-8-5-12-13-6-8/h1-6H,7H2,(H,12,13). The summed E-state index contributed by atoms with van der Waals surface area (Å²) >= 11 is 3.38. The van der Waals surface area contributed by atoms with Gasteiger partial charge in [-0.25, -0.2) is 0 Å². The molecular weight excluding hydrogens is 244 g/mol. The van der Waals surface area contributed by atoms with E-state index in [0.29, 0.717) is 6.61 Å².